The molecule has 0 atom stereocenters. The Morgan fingerprint density at radius 2 is 1.83 bits per heavy atom. The van der Waals surface area contributed by atoms with E-state index in [1.54, 1.807) is 12.1 Å². The molecule has 4 rings (SSSR count). The number of H-pyrrole nitrogens is 1. The number of hydrogen-bond donors (Lipinski definition) is 2. The average Bonchev–Trinajstić information content (AvgIpc) is 3.25. The molecule has 148 valence electrons. The van der Waals surface area contributed by atoms with Crippen molar-refractivity contribution in [2.45, 2.75) is 31.3 Å². The van der Waals surface area contributed by atoms with E-state index in [0.29, 0.717) is 16.5 Å². The standard InChI is InChI=1S/C21H21N5O2S/c1-21(2,3)14-10-8-13(9-11-14)18(28)23-17(27)12-29-20-25-24-19-22-15-6-4-5-7-16(15)26(19)20/h4-11H,12H2,1-3H3,(H,22,24)(H,23,27,28). The minimum absolute atomic E-state index is 0.00779. The van der Waals surface area contributed by atoms with Crippen molar-refractivity contribution in [3.8, 4) is 0 Å². The molecule has 29 heavy (non-hydrogen) atoms. The minimum atomic E-state index is -0.406. The molecule has 2 aromatic heterocycles. The lowest BCUT2D eigenvalue weighted by molar-refractivity contribution is -0.117. The van der Waals surface area contributed by atoms with E-state index in [4.69, 9.17) is 0 Å². The van der Waals surface area contributed by atoms with E-state index in [0.717, 1.165) is 16.6 Å². The Hall–Kier alpha value is -3.13. The number of thioether (sulfide) groups is 1. The summed E-state index contributed by atoms with van der Waals surface area (Å²) in [5.41, 5.74) is 3.36. The molecule has 0 aliphatic carbocycles. The van der Waals surface area contributed by atoms with Gasteiger partial charge >= 0.3 is 0 Å². The van der Waals surface area contributed by atoms with E-state index in [2.05, 4.69) is 41.3 Å². The Labute approximate surface area is 171 Å². The molecule has 8 heteroatoms. The molecule has 0 spiro atoms. The van der Waals surface area contributed by atoms with E-state index >= 15 is 0 Å². The number of aromatic nitrogens is 4. The van der Waals surface area contributed by atoms with Gasteiger partial charge in [-0.15, -0.1) is 5.10 Å². The van der Waals surface area contributed by atoms with Crippen molar-refractivity contribution in [3.05, 3.63) is 59.7 Å². The molecule has 0 radical (unpaired) electrons. The number of carbonyl (C=O) groups is 2. The average molecular weight is 407 g/mol. The third kappa shape index (κ3) is 3.88. The van der Waals surface area contributed by atoms with Gasteiger partial charge in [-0.3, -0.25) is 19.3 Å². The van der Waals surface area contributed by atoms with Crippen LogP contribution in [0, 0.1) is 0 Å². The van der Waals surface area contributed by atoms with Gasteiger partial charge < -0.3 is 0 Å². The molecule has 0 aliphatic rings. The summed E-state index contributed by atoms with van der Waals surface area (Å²) in [4.78, 5) is 29.1. The first kappa shape index (κ1) is 19.2. The predicted octanol–water partition coefficient (Wildman–Crippen LogP) is 3.56. The van der Waals surface area contributed by atoms with Crippen molar-refractivity contribution in [1.82, 2.24) is 24.9 Å². The number of carbonyl (C=O) groups excluding carboxylic acids is 2. The molecule has 2 heterocycles. The van der Waals surface area contributed by atoms with E-state index in [-0.39, 0.29) is 17.1 Å². The molecular weight excluding hydrogens is 386 g/mol. The molecule has 7 nitrogen and oxygen atoms in total. The maximum Gasteiger partial charge on any atom is 0.257 e. The zero-order valence-electron chi connectivity index (χ0n) is 16.4. The van der Waals surface area contributed by atoms with E-state index in [1.165, 1.54) is 11.8 Å². The largest absolute Gasteiger partial charge is 0.292 e. The number of nitrogens with one attached hydrogen (secondary N) is 2. The number of benzene rings is 2. The summed E-state index contributed by atoms with van der Waals surface area (Å²) in [5.74, 6) is -0.0981. The fraction of sp³-hybridized carbons (Fsp3) is 0.238. The second kappa shape index (κ2) is 7.36. The van der Waals surface area contributed by atoms with E-state index < -0.39 is 5.91 Å². The fourth-order valence-electron chi connectivity index (χ4n) is 3.03. The molecule has 2 amide bonds. The zero-order valence-corrected chi connectivity index (χ0v) is 17.2. The molecule has 2 N–H and O–H groups in total. The quantitative estimate of drug-likeness (QED) is 0.505. The molecule has 0 aliphatic heterocycles. The summed E-state index contributed by atoms with van der Waals surface area (Å²) >= 11 is 1.24. The molecule has 4 aromatic rings. The summed E-state index contributed by atoms with van der Waals surface area (Å²) in [5, 5.41) is 10.1. The third-order valence-corrected chi connectivity index (χ3v) is 5.54. The van der Waals surface area contributed by atoms with Crippen LogP contribution in [0.25, 0.3) is 16.8 Å². The van der Waals surface area contributed by atoms with Crippen LogP contribution in [0.15, 0.2) is 53.7 Å². The van der Waals surface area contributed by atoms with Crippen LogP contribution in [0.3, 0.4) is 0 Å². The highest BCUT2D eigenvalue weighted by atomic mass is 32.2. The van der Waals surface area contributed by atoms with Crippen LogP contribution in [0.2, 0.25) is 0 Å². The summed E-state index contributed by atoms with van der Waals surface area (Å²) in [6.45, 7) is 6.33. The first-order valence-corrected chi connectivity index (χ1v) is 10.2. The highest BCUT2D eigenvalue weighted by molar-refractivity contribution is 7.99. The predicted molar refractivity (Wildman–Crippen MR) is 113 cm³/mol. The number of amides is 2. The van der Waals surface area contributed by atoms with Crippen LogP contribution in [0.4, 0.5) is 0 Å². The van der Waals surface area contributed by atoms with Crippen LogP contribution < -0.4 is 5.32 Å². The Balaban J connectivity index is 1.41. The van der Waals surface area contributed by atoms with Crippen molar-refractivity contribution < 1.29 is 9.59 Å². The van der Waals surface area contributed by atoms with Gasteiger partial charge in [0.2, 0.25) is 11.7 Å². The molecule has 0 bridgehead atoms. The Bertz CT molecular complexity index is 1200. The molecule has 0 saturated heterocycles. The first-order chi connectivity index (χ1) is 13.8. The summed E-state index contributed by atoms with van der Waals surface area (Å²) in [7, 11) is 0. The second-order valence-corrected chi connectivity index (χ2v) is 8.70. The molecule has 0 fully saturated rings. The van der Waals surface area contributed by atoms with Gasteiger partial charge in [0.1, 0.15) is 0 Å². The minimum Gasteiger partial charge on any atom is -0.292 e. The molecular formula is C21H21N5O2S. The van der Waals surface area contributed by atoms with E-state index in [9.17, 15) is 9.59 Å². The number of para-hydroxylation sites is 2. The van der Waals surface area contributed by atoms with Crippen LogP contribution in [-0.4, -0.2) is 37.1 Å². The zero-order chi connectivity index (χ0) is 20.6. The monoisotopic (exact) mass is 407 g/mol. The van der Waals surface area contributed by atoms with Gasteiger partial charge in [0.25, 0.3) is 5.91 Å². The van der Waals surface area contributed by atoms with Crippen molar-refractivity contribution in [2.75, 3.05) is 5.75 Å². The van der Waals surface area contributed by atoms with Gasteiger partial charge in [-0.05, 0) is 35.2 Å². The summed E-state index contributed by atoms with van der Waals surface area (Å²) < 4.78 is 1.86. The number of fused-ring (bicyclic) bond motifs is 3. The maximum atomic E-state index is 12.3. The van der Waals surface area contributed by atoms with Crippen LogP contribution >= 0.6 is 11.8 Å². The highest BCUT2D eigenvalue weighted by Crippen LogP contribution is 2.23. The summed E-state index contributed by atoms with van der Waals surface area (Å²) in [6.07, 6.45) is 0. The number of imide groups is 1. The Morgan fingerprint density at radius 1 is 1.10 bits per heavy atom. The number of aromatic amines is 1. The van der Waals surface area contributed by atoms with Gasteiger partial charge in [-0.2, -0.15) is 0 Å². The third-order valence-electron chi connectivity index (χ3n) is 4.60. The number of hydrogen-bond acceptors (Lipinski definition) is 5. The second-order valence-electron chi connectivity index (χ2n) is 7.76. The topological polar surface area (TPSA) is 92.1 Å². The summed E-state index contributed by atoms with van der Waals surface area (Å²) in [6, 6.07) is 15.0. The van der Waals surface area contributed by atoms with Crippen molar-refractivity contribution in [1.29, 1.82) is 0 Å². The first-order valence-electron chi connectivity index (χ1n) is 9.22. The molecule has 0 unspecified atom stereocenters. The lowest BCUT2D eigenvalue weighted by atomic mass is 9.87. The van der Waals surface area contributed by atoms with Crippen molar-refractivity contribution >= 4 is 40.4 Å². The van der Waals surface area contributed by atoms with Gasteiger partial charge in [-0.1, -0.05) is 56.8 Å². The maximum absolute atomic E-state index is 12.3. The van der Waals surface area contributed by atoms with Gasteiger partial charge in [-0.25, -0.2) is 10.1 Å². The number of rotatable bonds is 4. The molecule has 0 saturated carbocycles. The lowest BCUT2D eigenvalue weighted by Gasteiger charge is -2.18. The Morgan fingerprint density at radius 3 is 2.55 bits per heavy atom. The Kier molecular flexibility index (Phi) is 4.87. The smallest absolute Gasteiger partial charge is 0.257 e. The number of imidazole rings is 1. The molecule has 2 aromatic carbocycles. The van der Waals surface area contributed by atoms with Gasteiger partial charge in [0.05, 0.1) is 16.8 Å². The van der Waals surface area contributed by atoms with Crippen molar-refractivity contribution in [3.63, 3.8) is 0 Å². The number of nitrogens with zero attached hydrogens (tertiary/aromatic N) is 3. The SMILES string of the molecule is CC(C)(C)c1ccc(C(=O)NC(=O)CSc2n[nH]c3nc4ccccc4n23)cc1. The van der Waals surface area contributed by atoms with Crippen molar-refractivity contribution in [2.24, 2.45) is 0 Å². The van der Waals surface area contributed by atoms with Crippen LogP contribution in [0.1, 0.15) is 36.7 Å². The normalized spacial score (nSPS) is 11.8. The fourth-order valence-corrected chi connectivity index (χ4v) is 3.78. The van der Waals surface area contributed by atoms with Crippen LogP contribution in [-0.2, 0) is 10.2 Å². The van der Waals surface area contributed by atoms with Gasteiger partial charge in [0, 0.05) is 5.56 Å². The van der Waals surface area contributed by atoms with Crippen LogP contribution in [0.5, 0.6) is 0 Å². The van der Waals surface area contributed by atoms with Gasteiger partial charge in [0.15, 0.2) is 5.16 Å². The highest BCUT2D eigenvalue weighted by Gasteiger charge is 2.17. The lowest BCUT2D eigenvalue weighted by Crippen LogP contribution is -2.31. The van der Waals surface area contributed by atoms with E-state index in [1.807, 2.05) is 40.8 Å².